The Balaban J connectivity index is 1.27. The molecule has 2 heterocycles. The maximum absolute atomic E-state index is 12.5. The fourth-order valence-corrected chi connectivity index (χ4v) is 5.98. The molecule has 0 aliphatic carbocycles. The normalized spacial score (nSPS) is 15.1. The maximum Gasteiger partial charge on any atom is 0.251 e. The Morgan fingerprint density at radius 1 is 1.11 bits per heavy atom. The number of nitrogens with zero attached hydrogens (tertiary/aromatic N) is 4. The number of thiazole rings is 1. The Hall–Kier alpha value is -2.73. The molecular weight excluding hydrogens is 486 g/mol. The molecule has 1 aliphatic rings. The first-order valence-electron chi connectivity index (χ1n) is 11.4. The van der Waals surface area contributed by atoms with Crippen molar-refractivity contribution in [2.24, 2.45) is 0 Å². The second-order valence-electron chi connectivity index (χ2n) is 8.66. The van der Waals surface area contributed by atoms with E-state index in [0.29, 0.717) is 12.1 Å². The summed E-state index contributed by atoms with van der Waals surface area (Å²) in [6.45, 7) is 6.88. The number of fused-ring (bicyclic) bond motifs is 1. The van der Waals surface area contributed by atoms with Gasteiger partial charge in [-0.2, -0.15) is 0 Å². The zero-order valence-corrected chi connectivity index (χ0v) is 22.1. The van der Waals surface area contributed by atoms with Crippen LogP contribution in [-0.2, 0) is 10.0 Å². The smallest absolute Gasteiger partial charge is 0.251 e. The number of nitrogens with one attached hydrogen (secondary N) is 1. The van der Waals surface area contributed by atoms with Crippen LogP contribution in [0, 0.1) is 6.92 Å². The molecule has 188 valence electrons. The predicted octanol–water partition coefficient (Wildman–Crippen LogP) is 2.42. The summed E-state index contributed by atoms with van der Waals surface area (Å²) in [5, 5.41) is 3.94. The van der Waals surface area contributed by atoms with Crippen LogP contribution in [0.1, 0.15) is 15.9 Å². The number of carbonyl (C=O) groups excluding carboxylic acids is 1. The lowest BCUT2D eigenvalue weighted by atomic mass is 10.2. The molecule has 3 aromatic rings. The lowest BCUT2D eigenvalue weighted by Crippen LogP contribution is -2.48. The van der Waals surface area contributed by atoms with Gasteiger partial charge in [-0.15, -0.1) is 0 Å². The minimum Gasteiger partial charge on any atom is -0.494 e. The molecule has 0 saturated carbocycles. The highest BCUT2D eigenvalue weighted by Gasteiger charge is 2.22. The number of piperazine rings is 1. The monoisotopic (exact) mass is 517 g/mol. The molecule has 0 spiro atoms. The van der Waals surface area contributed by atoms with E-state index in [1.165, 1.54) is 31.8 Å². The summed E-state index contributed by atoms with van der Waals surface area (Å²) in [7, 11) is 1.12. The van der Waals surface area contributed by atoms with Crippen LogP contribution >= 0.6 is 11.3 Å². The minimum absolute atomic E-state index is 0.165. The molecule has 1 amide bonds. The topological polar surface area (TPSA) is 95.1 Å². The molecule has 1 aliphatic heterocycles. The summed E-state index contributed by atoms with van der Waals surface area (Å²) >= 11 is 1.70. The highest BCUT2D eigenvalue weighted by Crippen LogP contribution is 2.36. The Bertz CT molecular complexity index is 1300. The molecular formula is C24H31N5O4S2. The lowest BCUT2D eigenvalue weighted by molar-refractivity contribution is 0.0947. The van der Waals surface area contributed by atoms with Gasteiger partial charge in [0, 0.05) is 58.9 Å². The van der Waals surface area contributed by atoms with Crippen molar-refractivity contribution in [1.29, 1.82) is 0 Å². The van der Waals surface area contributed by atoms with Crippen molar-refractivity contribution in [2.75, 3.05) is 65.4 Å². The molecule has 0 atom stereocenters. The highest BCUT2D eigenvalue weighted by molar-refractivity contribution is 7.89. The van der Waals surface area contributed by atoms with Gasteiger partial charge in [0.1, 0.15) is 11.3 Å². The van der Waals surface area contributed by atoms with Crippen molar-refractivity contribution in [3.63, 3.8) is 0 Å². The number of methoxy groups -OCH3 is 1. The van der Waals surface area contributed by atoms with Crippen molar-refractivity contribution in [1.82, 2.24) is 19.5 Å². The first kappa shape index (κ1) is 25.4. The van der Waals surface area contributed by atoms with Gasteiger partial charge in [-0.25, -0.2) is 17.7 Å². The largest absolute Gasteiger partial charge is 0.494 e. The molecule has 0 radical (unpaired) electrons. The molecule has 1 fully saturated rings. The van der Waals surface area contributed by atoms with Crippen LogP contribution in [0.15, 0.2) is 41.3 Å². The van der Waals surface area contributed by atoms with Gasteiger partial charge in [0.15, 0.2) is 5.13 Å². The molecule has 1 aromatic heterocycles. The van der Waals surface area contributed by atoms with Crippen LogP contribution in [-0.4, -0.2) is 89.0 Å². The zero-order valence-electron chi connectivity index (χ0n) is 20.4. The first-order chi connectivity index (χ1) is 16.7. The number of rotatable bonds is 8. The van der Waals surface area contributed by atoms with Gasteiger partial charge >= 0.3 is 0 Å². The number of aryl methyl sites for hydroxylation is 1. The van der Waals surface area contributed by atoms with E-state index in [9.17, 15) is 13.2 Å². The summed E-state index contributed by atoms with van der Waals surface area (Å²) < 4.78 is 32.1. The van der Waals surface area contributed by atoms with Crippen molar-refractivity contribution < 1.29 is 17.9 Å². The molecule has 9 nitrogen and oxygen atoms in total. The second kappa shape index (κ2) is 10.5. The predicted molar refractivity (Wildman–Crippen MR) is 139 cm³/mol. The number of hydrogen-bond acceptors (Lipinski definition) is 8. The van der Waals surface area contributed by atoms with Crippen LogP contribution in [0.4, 0.5) is 5.13 Å². The van der Waals surface area contributed by atoms with E-state index >= 15 is 0 Å². The van der Waals surface area contributed by atoms with Crippen molar-refractivity contribution >= 4 is 42.6 Å². The second-order valence-corrected chi connectivity index (χ2v) is 11.8. The molecule has 0 bridgehead atoms. The first-order valence-corrected chi connectivity index (χ1v) is 13.7. The summed E-state index contributed by atoms with van der Waals surface area (Å²) in [6.07, 6.45) is 0. The van der Waals surface area contributed by atoms with Gasteiger partial charge in [0.25, 0.3) is 5.91 Å². The molecule has 0 unspecified atom stereocenters. The Kier molecular flexibility index (Phi) is 7.60. The van der Waals surface area contributed by atoms with Gasteiger partial charge < -0.3 is 15.0 Å². The molecule has 1 N–H and O–H groups in total. The van der Waals surface area contributed by atoms with E-state index in [0.717, 1.165) is 58.1 Å². The third-order valence-electron chi connectivity index (χ3n) is 6.16. The van der Waals surface area contributed by atoms with Gasteiger partial charge in [-0.3, -0.25) is 9.69 Å². The van der Waals surface area contributed by atoms with Crippen LogP contribution < -0.4 is 15.0 Å². The van der Waals surface area contributed by atoms with E-state index in [1.54, 1.807) is 30.6 Å². The number of amides is 1. The quantitative estimate of drug-likeness (QED) is 0.490. The number of hydrogen-bond donors (Lipinski definition) is 1. The van der Waals surface area contributed by atoms with E-state index in [4.69, 9.17) is 9.72 Å². The summed E-state index contributed by atoms with van der Waals surface area (Å²) in [6, 6.07) is 10.0. The molecule has 1 saturated heterocycles. The Morgan fingerprint density at radius 2 is 1.80 bits per heavy atom. The zero-order chi connectivity index (χ0) is 25.2. The third kappa shape index (κ3) is 5.43. The highest BCUT2D eigenvalue weighted by atomic mass is 32.2. The van der Waals surface area contributed by atoms with Crippen molar-refractivity contribution in [3.8, 4) is 5.75 Å². The van der Waals surface area contributed by atoms with E-state index in [1.807, 2.05) is 6.07 Å². The Morgan fingerprint density at radius 3 is 2.43 bits per heavy atom. The molecule has 4 rings (SSSR count). The number of benzene rings is 2. The summed E-state index contributed by atoms with van der Waals surface area (Å²) in [5.74, 6) is 0.590. The van der Waals surface area contributed by atoms with Gasteiger partial charge in [-0.05, 0) is 42.8 Å². The van der Waals surface area contributed by atoms with Crippen molar-refractivity contribution in [3.05, 3.63) is 47.5 Å². The Labute approximate surface area is 210 Å². The van der Waals surface area contributed by atoms with Crippen molar-refractivity contribution in [2.45, 2.75) is 11.8 Å². The van der Waals surface area contributed by atoms with Crippen LogP contribution in [0.5, 0.6) is 5.75 Å². The fourth-order valence-electron chi connectivity index (χ4n) is 3.98. The standard InChI is InChI=1S/C24H31N5O4S2/c1-17-5-10-20(33-4)21-22(17)34-24(26-21)29-15-13-28(14-16-29)12-11-25-23(30)18-6-8-19(9-7-18)35(31,32)27(2)3/h5-10H,11-16H2,1-4H3,(H,25,30). The average molecular weight is 518 g/mol. The fraction of sp³-hybridized carbons (Fsp3) is 0.417. The molecule has 35 heavy (non-hydrogen) atoms. The molecule has 11 heteroatoms. The number of aromatic nitrogens is 1. The third-order valence-corrected chi connectivity index (χ3v) is 9.24. The van der Waals surface area contributed by atoms with E-state index < -0.39 is 10.0 Å². The maximum atomic E-state index is 12.5. The van der Waals surface area contributed by atoms with E-state index in [2.05, 4.69) is 28.1 Å². The number of carbonyl (C=O) groups is 1. The van der Waals surface area contributed by atoms with Crippen LogP contribution in [0.3, 0.4) is 0 Å². The van der Waals surface area contributed by atoms with E-state index in [-0.39, 0.29) is 10.8 Å². The molecule has 2 aromatic carbocycles. The van der Waals surface area contributed by atoms with Gasteiger partial charge in [0.05, 0.1) is 16.7 Å². The number of ether oxygens (including phenoxy) is 1. The van der Waals surface area contributed by atoms with Crippen LogP contribution in [0.25, 0.3) is 10.2 Å². The van der Waals surface area contributed by atoms with Gasteiger partial charge in [0.2, 0.25) is 10.0 Å². The minimum atomic E-state index is -3.51. The van der Waals surface area contributed by atoms with Gasteiger partial charge in [-0.1, -0.05) is 17.4 Å². The SMILES string of the molecule is COc1ccc(C)c2sc(N3CCN(CCNC(=O)c4ccc(S(=O)(=O)N(C)C)cc4)CC3)nc12. The van der Waals surface area contributed by atoms with Crippen LogP contribution in [0.2, 0.25) is 0 Å². The summed E-state index contributed by atoms with van der Waals surface area (Å²) in [5.41, 5.74) is 2.56. The lowest BCUT2D eigenvalue weighted by Gasteiger charge is -2.34. The number of sulfonamides is 1. The number of anilines is 1. The summed E-state index contributed by atoms with van der Waals surface area (Å²) in [4.78, 5) is 22.1. The average Bonchev–Trinajstić information content (AvgIpc) is 3.31.